The molecule has 0 aromatic carbocycles. The molecule has 4 rings (SSSR count). The van der Waals surface area contributed by atoms with Gasteiger partial charge in [0.15, 0.2) is 5.82 Å². The molecule has 7 nitrogen and oxygen atoms in total. The Morgan fingerprint density at radius 3 is 2.77 bits per heavy atom. The van der Waals surface area contributed by atoms with Crippen LogP contribution in [-0.4, -0.2) is 31.8 Å². The van der Waals surface area contributed by atoms with Crippen LogP contribution in [0, 0.1) is 0 Å². The first-order valence-electron chi connectivity index (χ1n) is 10.5. The Labute approximate surface area is 176 Å². The Hall–Kier alpha value is -3.22. The summed E-state index contributed by atoms with van der Waals surface area (Å²) in [7, 11) is 0. The van der Waals surface area contributed by atoms with Gasteiger partial charge in [-0.2, -0.15) is 5.10 Å². The minimum Gasteiger partial charge on any atom is -0.474 e. The lowest BCUT2D eigenvalue weighted by atomic mass is 10.1. The summed E-state index contributed by atoms with van der Waals surface area (Å²) >= 11 is 0. The van der Waals surface area contributed by atoms with Crippen molar-refractivity contribution in [1.29, 1.82) is 0 Å². The first-order chi connectivity index (χ1) is 14.6. The Morgan fingerprint density at radius 1 is 1.20 bits per heavy atom. The van der Waals surface area contributed by atoms with Crippen molar-refractivity contribution in [3.05, 3.63) is 65.7 Å². The average molecular weight is 406 g/mol. The SMILES string of the molecule is CC(C)c1c(C(=O)NCc2ccnc(OC3CCCC3)c2)cnn1-c1ccccn1. The summed E-state index contributed by atoms with van der Waals surface area (Å²) in [5, 5.41) is 7.42. The average Bonchev–Trinajstić information content (AvgIpc) is 3.43. The smallest absolute Gasteiger partial charge is 0.255 e. The van der Waals surface area contributed by atoms with Gasteiger partial charge in [0.2, 0.25) is 5.88 Å². The van der Waals surface area contributed by atoms with E-state index in [2.05, 4.69) is 20.4 Å². The molecule has 0 radical (unpaired) electrons. The lowest BCUT2D eigenvalue weighted by molar-refractivity contribution is 0.0949. The molecule has 1 N–H and O–H groups in total. The molecule has 0 saturated heterocycles. The fourth-order valence-corrected chi connectivity index (χ4v) is 3.83. The largest absolute Gasteiger partial charge is 0.474 e. The van der Waals surface area contributed by atoms with Crippen LogP contribution in [0.1, 0.15) is 67.1 Å². The molecule has 0 atom stereocenters. The summed E-state index contributed by atoms with van der Waals surface area (Å²) < 4.78 is 7.70. The lowest BCUT2D eigenvalue weighted by Gasteiger charge is -2.14. The second-order valence-electron chi connectivity index (χ2n) is 7.91. The first-order valence-corrected chi connectivity index (χ1v) is 10.5. The number of hydrogen-bond acceptors (Lipinski definition) is 5. The number of ether oxygens (including phenoxy) is 1. The van der Waals surface area contributed by atoms with Crippen LogP contribution in [0.15, 0.2) is 48.9 Å². The van der Waals surface area contributed by atoms with Crippen LogP contribution < -0.4 is 10.1 Å². The Bertz CT molecular complexity index is 994. The molecule has 0 unspecified atom stereocenters. The summed E-state index contributed by atoms with van der Waals surface area (Å²) in [4.78, 5) is 21.6. The van der Waals surface area contributed by atoms with Gasteiger partial charge in [0.25, 0.3) is 5.91 Å². The van der Waals surface area contributed by atoms with Crippen molar-refractivity contribution >= 4 is 5.91 Å². The first kappa shape index (κ1) is 20.1. The second-order valence-corrected chi connectivity index (χ2v) is 7.91. The van der Waals surface area contributed by atoms with Crippen molar-refractivity contribution < 1.29 is 9.53 Å². The van der Waals surface area contributed by atoms with Crippen LogP contribution in [0.5, 0.6) is 5.88 Å². The molecular formula is C23H27N5O2. The summed E-state index contributed by atoms with van der Waals surface area (Å²) in [5.41, 5.74) is 2.35. The highest BCUT2D eigenvalue weighted by atomic mass is 16.5. The highest BCUT2D eigenvalue weighted by molar-refractivity contribution is 5.95. The highest BCUT2D eigenvalue weighted by Gasteiger charge is 2.21. The quantitative estimate of drug-likeness (QED) is 0.642. The van der Waals surface area contributed by atoms with E-state index < -0.39 is 0 Å². The third kappa shape index (κ3) is 4.50. The lowest BCUT2D eigenvalue weighted by Crippen LogP contribution is -2.24. The molecule has 156 valence electrons. The number of pyridine rings is 2. The third-order valence-electron chi connectivity index (χ3n) is 5.31. The van der Waals surface area contributed by atoms with Gasteiger partial charge in [0.05, 0.1) is 17.5 Å². The van der Waals surface area contributed by atoms with Gasteiger partial charge >= 0.3 is 0 Å². The molecule has 7 heteroatoms. The molecule has 30 heavy (non-hydrogen) atoms. The Morgan fingerprint density at radius 2 is 2.03 bits per heavy atom. The third-order valence-corrected chi connectivity index (χ3v) is 5.31. The minimum atomic E-state index is -0.157. The van der Waals surface area contributed by atoms with Crippen molar-refractivity contribution in [2.24, 2.45) is 0 Å². The Balaban J connectivity index is 1.46. The minimum absolute atomic E-state index is 0.114. The highest BCUT2D eigenvalue weighted by Crippen LogP contribution is 2.24. The number of amides is 1. The molecule has 0 aliphatic heterocycles. The summed E-state index contributed by atoms with van der Waals surface area (Å²) in [6.45, 7) is 4.49. The molecule has 1 amide bonds. The molecule has 3 aromatic heterocycles. The van der Waals surface area contributed by atoms with E-state index in [1.54, 1.807) is 23.3 Å². The van der Waals surface area contributed by atoms with Gasteiger partial charge in [-0.25, -0.2) is 14.6 Å². The Kier molecular flexibility index (Phi) is 6.07. The number of hydrogen-bond donors (Lipinski definition) is 1. The number of nitrogens with zero attached hydrogens (tertiary/aromatic N) is 4. The molecule has 0 bridgehead atoms. The number of carbonyl (C=O) groups is 1. The van der Waals surface area contributed by atoms with Crippen LogP contribution in [0.2, 0.25) is 0 Å². The van der Waals surface area contributed by atoms with Crippen LogP contribution in [0.25, 0.3) is 5.82 Å². The predicted octanol–water partition coefficient (Wildman–Crippen LogP) is 4.04. The van der Waals surface area contributed by atoms with Crippen molar-refractivity contribution in [2.45, 2.75) is 58.1 Å². The van der Waals surface area contributed by atoms with Gasteiger partial charge in [-0.15, -0.1) is 0 Å². The van der Waals surface area contributed by atoms with E-state index >= 15 is 0 Å². The normalized spacial score (nSPS) is 14.2. The second kappa shape index (κ2) is 9.07. The monoisotopic (exact) mass is 405 g/mol. The van der Waals surface area contributed by atoms with Gasteiger partial charge in [-0.3, -0.25) is 4.79 Å². The molecular weight excluding hydrogens is 378 g/mol. The maximum absolute atomic E-state index is 12.9. The zero-order valence-electron chi connectivity index (χ0n) is 17.4. The van der Waals surface area contributed by atoms with Crippen molar-refractivity contribution in [3.63, 3.8) is 0 Å². The van der Waals surface area contributed by atoms with E-state index in [0.717, 1.165) is 24.1 Å². The van der Waals surface area contributed by atoms with Gasteiger partial charge in [-0.05, 0) is 55.4 Å². The number of nitrogens with one attached hydrogen (secondary N) is 1. The van der Waals surface area contributed by atoms with Crippen molar-refractivity contribution in [1.82, 2.24) is 25.1 Å². The fourth-order valence-electron chi connectivity index (χ4n) is 3.83. The van der Waals surface area contributed by atoms with Crippen molar-refractivity contribution in [3.8, 4) is 11.7 Å². The van der Waals surface area contributed by atoms with Gasteiger partial charge < -0.3 is 10.1 Å². The van der Waals surface area contributed by atoms with Crippen molar-refractivity contribution in [2.75, 3.05) is 0 Å². The molecule has 3 aromatic rings. The summed E-state index contributed by atoms with van der Waals surface area (Å²) in [6.07, 6.45) is 9.91. The number of carbonyl (C=O) groups excluding carboxylic acids is 1. The number of aromatic nitrogens is 4. The van der Waals surface area contributed by atoms with Gasteiger partial charge in [-0.1, -0.05) is 19.9 Å². The topological polar surface area (TPSA) is 81.9 Å². The van der Waals surface area contributed by atoms with E-state index in [1.165, 1.54) is 12.8 Å². The molecule has 1 saturated carbocycles. The standard InChI is InChI=1S/C23H27N5O2/c1-16(2)22-19(15-27-28(22)20-9-5-6-11-24-20)23(29)26-14-17-10-12-25-21(13-17)30-18-7-3-4-8-18/h5-6,9-13,15-16,18H,3-4,7-8,14H2,1-2H3,(H,26,29). The maximum atomic E-state index is 12.9. The zero-order valence-corrected chi connectivity index (χ0v) is 17.4. The maximum Gasteiger partial charge on any atom is 0.255 e. The van der Waals surface area contributed by atoms with E-state index in [9.17, 15) is 4.79 Å². The van der Waals surface area contributed by atoms with Crippen LogP contribution in [-0.2, 0) is 6.54 Å². The van der Waals surface area contributed by atoms with Gasteiger partial charge in [0, 0.05) is 25.0 Å². The van der Waals surface area contributed by atoms with E-state index in [4.69, 9.17) is 4.74 Å². The number of rotatable bonds is 7. The fraction of sp³-hybridized carbons (Fsp3) is 0.391. The summed E-state index contributed by atoms with van der Waals surface area (Å²) in [5.74, 6) is 1.28. The van der Waals surface area contributed by atoms with Crippen LogP contribution in [0.3, 0.4) is 0 Å². The van der Waals surface area contributed by atoms with Gasteiger partial charge in [0.1, 0.15) is 6.10 Å². The van der Waals surface area contributed by atoms with Crippen LogP contribution >= 0.6 is 0 Å². The molecule has 0 spiro atoms. The predicted molar refractivity (Wildman–Crippen MR) is 114 cm³/mol. The molecule has 1 aliphatic rings. The van der Waals surface area contributed by atoms with E-state index in [-0.39, 0.29) is 17.9 Å². The molecule has 3 heterocycles. The molecule has 1 fully saturated rings. The summed E-state index contributed by atoms with van der Waals surface area (Å²) in [6, 6.07) is 9.43. The zero-order chi connectivity index (χ0) is 20.9. The molecule has 1 aliphatic carbocycles. The van der Waals surface area contributed by atoms with E-state index in [1.807, 2.05) is 44.2 Å². The van der Waals surface area contributed by atoms with Crippen LogP contribution in [0.4, 0.5) is 0 Å². The van der Waals surface area contributed by atoms with E-state index in [0.29, 0.717) is 23.8 Å².